The number of rotatable bonds is 2. The van der Waals surface area contributed by atoms with Crippen molar-refractivity contribution in [2.75, 3.05) is 52.6 Å². The molecule has 0 spiro atoms. The number of nitrogens with two attached hydrogens (primary N) is 1. The van der Waals surface area contributed by atoms with Gasteiger partial charge in [-0.1, -0.05) is 11.4 Å². The van der Waals surface area contributed by atoms with Crippen LogP contribution in [-0.4, -0.2) is 68.7 Å². The van der Waals surface area contributed by atoms with Gasteiger partial charge < -0.3 is 38.1 Å². The van der Waals surface area contributed by atoms with E-state index in [-0.39, 0.29) is 11.7 Å². The van der Waals surface area contributed by atoms with Gasteiger partial charge in [-0.25, -0.2) is 0 Å². The average Bonchev–Trinajstić information content (AvgIpc) is 2.82. The second-order valence-corrected chi connectivity index (χ2v) is 7.93. The third-order valence-electron chi connectivity index (χ3n) is 5.11. The fourth-order valence-electron chi connectivity index (χ4n) is 3.62. The summed E-state index contributed by atoms with van der Waals surface area (Å²) in [5.74, 6) is -0.803. The van der Waals surface area contributed by atoms with E-state index in [0.29, 0.717) is 5.57 Å². The summed E-state index contributed by atoms with van der Waals surface area (Å²) in [6, 6.07) is 5.91. The van der Waals surface area contributed by atoms with E-state index in [2.05, 4.69) is 27.0 Å². The lowest BCUT2D eigenvalue weighted by molar-refractivity contribution is -0.670. The topological polar surface area (TPSA) is 113 Å². The summed E-state index contributed by atoms with van der Waals surface area (Å²) in [5, 5.41) is 17.4. The Balaban J connectivity index is 0.000000229. The van der Waals surface area contributed by atoms with Crippen LogP contribution in [0.4, 0.5) is 0 Å². The van der Waals surface area contributed by atoms with Crippen molar-refractivity contribution < 1.29 is 19.6 Å². The number of quaternary nitrogens is 1. The van der Waals surface area contributed by atoms with Crippen molar-refractivity contribution >= 4 is 18.4 Å². The number of allylic oxidation sites excluding steroid dienone is 2. The first-order valence-corrected chi connectivity index (χ1v) is 11.1. The summed E-state index contributed by atoms with van der Waals surface area (Å²) < 4.78 is 10.0. The van der Waals surface area contributed by atoms with Gasteiger partial charge in [0.25, 0.3) is 0 Å². The van der Waals surface area contributed by atoms with Crippen LogP contribution in [-0.2, 0) is 26.9 Å². The number of ether oxygens (including phenoxy) is 2. The number of hydrogen-bond donors (Lipinski definition) is 3. The predicted molar refractivity (Wildman–Crippen MR) is 120 cm³/mol. The van der Waals surface area contributed by atoms with E-state index in [1.165, 1.54) is 6.92 Å². The normalized spacial score (nSPS) is 25.5. The maximum atomic E-state index is 11.9. The van der Waals surface area contributed by atoms with E-state index in [1.54, 1.807) is 18.5 Å². The van der Waals surface area contributed by atoms with Crippen molar-refractivity contribution in [2.45, 2.75) is 25.1 Å². The van der Waals surface area contributed by atoms with E-state index in [1.807, 2.05) is 13.0 Å². The van der Waals surface area contributed by atoms with Crippen LogP contribution in [0.5, 0.6) is 0 Å². The molecule has 0 saturated carbocycles. The standard InChI is InChI=1S/C14H15N3OS.2C4H9NO/c1-8-12(9(2)18)13(10-4-3-5-16-7-10)11(6-15)14(19)17-8;2*1-3-6-4-2-5-1/h3-5,7,11,13-14,17,19H,1-2H3;2*5H,1-4H2. The molecule has 3 aliphatic heterocycles. The molecule has 2 fully saturated rings. The second-order valence-electron chi connectivity index (χ2n) is 7.42. The quantitative estimate of drug-likeness (QED) is 0.536. The highest BCUT2D eigenvalue weighted by molar-refractivity contribution is 7.59. The zero-order valence-electron chi connectivity index (χ0n) is 18.3. The minimum Gasteiger partial charge on any atom is -0.767 e. The highest BCUT2D eigenvalue weighted by Crippen LogP contribution is 2.38. The molecule has 170 valence electrons. The molecule has 4 heterocycles. The number of morpholine rings is 2. The van der Waals surface area contributed by atoms with Crippen molar-refractivity contribution in [2.24, 2.45) is 5.92 Å². The Morgan fingerprint density at radius 2 is 1.94 bits per heavy atom. The van der Waals surface area contributed by atoms with Crippen LogP contribution in [0, 0.1) is 17.2 Å². The third kappa shape index (κ3) is 8.24. The van der Waals surface area contributed by atoms with E-state index >= 15 is 0 Å². The van der Waals surface area contributed by atoms with Crippen LogP contribution in [0.15, 0.2) is 35.8 Å². The molecule has 2 saturated heterocycles. The predicted octanol–water partition coefficient (Wildman–Crippen LogP) is -0.170. The maximum Gasteiger partial charge on any atom is 0.158 e. The van der Waals surface area contributed by atoms with Gasteiger partial charge >= 0.3 is 0 Å². The van der Waals surface area contributed by atoms with Crippen LogP contribution < -0.4 is 16.0 Å². The maximum absolute atomic E-state index is 11.9. The molecule has 0 radical (unpaired) electrons. The summed E-state index contributed by atoms with van der Waals surface area (Å²) in [6.07, 6.45) is 3.36. The number of Topliss-reactive ketones (excluding diaryl/α,β-unsaturated/α-hetero) is 1. The zero-order chi connectivity index (χ0) is 22.5. The Morgan fingerprint density at radius 3 is 2.32 bits per heavy atom. The molecule has 0 amide bonds. The fraction of sp³-hybridized carbons (Fsp3) is 0.591. The lowest BCUT2D eigenvalue weighted by atomic mass is 9.77. The van der Waals surface area contributed by atoms with Gasteiger partial charge in [-0.2, -0.15) is 5.26 Å². The molecule has 3 unspecified atom stereocenters. The molecule has 31 heavy (non-hydrogen) atoms. The van der Waals surface area contributed by atoms with E-state index in [0.717, 1.165) is 63.9 Å². The first-order valence-electron chi connectivity index (χ1n) is 10.7. The molecule has 1 aromatic heterocycles. The number of carbonyl (C=O) groups excluding carboxylic acids is 1. The summed E-state index contributed by atoms with van der Waals surface area (Å²) >= 11 is 5.30. The van der Waals surface area contributed by atoms with E-state index < -0.39 is 11.3 Å². The van der Waals surface area contributed by atoms with Crippen molar-refractivity contribution in [1.82, 2.24) is 15.6 Å². The van der Waals surface area contributed by atoms with Gasteiger partial charge in [0.05, 0.1) is 51.5 Å². The van der Waals surface area contributed by atoms with Gasteiger partial charge in [-0.15, -0.1) is 0 Å². The highest BCUT2D eigenvalue weighted by atomic mass is 32.1. The molecule has 0 aromatic carbocycles. The Hall–Kier alpha value is -1.96. The first-order chi connectivity index (χ1) is 15.1. The van der Waals surface area contributed by atoms with Crippen LogP contribution in [0.3, 0.4) is 0 Å². The van der Waals surface area contributed by atoms with Crippen molar-refractivity contribution in [3.8, 4) is 6.07 Å². The highest BCUT2D eigenvalue weighted by Gasteiger charge is 2.35. The monoisotopic (exact) mass is 447 g/mol. The van der Waals surface area contributed by atoms with Crippen LogP contribution in [0.1, 0.15) is 25.3 Å². The Morgan fingerprint density at radius 1 is 1.26 bits per heavy atom. The molecule has 4 N–H and O–H groups in total. The van der Waals surface area contributed by atoms with Gasteiger partial charge in [-0.3, -0.25) is 9.78 Å². The van der Waals surface area contributed by atoms with Gasteiger partial charge in [0, 0.05) is 42.7 Å². The third-order valence-corrected chi connectivity index (χ3v) is 5.52. The smallest absolute Gasteiger partial charge is 0.158 e. The number of nitrogens with one attached hydrogen (secondary N) is 2. The van der Waals surface area contributed by atoms with Crippen LogP contribution >= 0.6 is 0 Å². The Labute approximate surface area is 190 Å². The first kappa shape index (κ1) is 25.3. The van der Waals surface area contributed by atoms with Gasteiger partial charge in [0.15, 0.2) is 5.78 Å². The summed E-state index contributed by atoms with van der Waals surface area (Å²) in [4.78, 5) is 16.0. The minimum absolute atomic E-state index is 0.0407. The Kier molecular flexibility index (Phi) is 11.6. The number of pyridine rings is 1. The number of nitriles is 1. The molecular formula is C22H33N5O3S. The molecule has 8 nitrogen and oxygen atoms in total. The molecule has 0 bridgehead atoms. The minimum atomic E-state index is -0.457. The molecule has 9 heteroatoms. The van der Waals surface area contributed by atoms with Crippen molar-refractivity contribution in [3.05, 3.63) is 41.4 Å². The number of hydrogen-bond acceptors (Lipinski definition) is 8. The van der Waals surface area contributed by atoms with Gasteiger partial charge in [0.1, 0.15) is 0 Å². The number of ketones is 1. The summed E-state index contributed by atoms with van der Waals surface area (Å²) in [6.45, 7) is 11.4. The molecular weight excluding hydrogens is 414 g/mol. The number of aromatic nitrogens is 1. The van der Waals surface area contributed by atoms with E-state index in [4.69, 9.17) is 22.1 Å². The summed E-state index contributed by atoms with van der Waals surface area (Å²) in [7, 11) is 0. The largest absolute Gasteiger partial charge is 0.767 e. The van der Waals surface area contributed by atoms with E-state index in [9.17, 15) is 10.1 Å². The van der Waals surface area contributed by atoms with Gasteiger partial charge in [0.2, 0.25) is 0 Å². The number of nitrogens with zero attached hydrogens (tertiary/aromatic N) is 2. The van der Waals surface area contributed by atoms with Crippen LogP contribution in [0.2, 0.25) is 0 Å². The molecule has 1 aromatic rings. The Bertz CT molecular complexity index is 710. The lowest BCUT2D eigenvalue weighted by Gasteiger charge is -2.41. The fourth-order valence-corrected chi connectivity index (χ4v) is 4.02. The molecule has 0 aliphatic carbocycles. The SMILES string of the molecule is C1COCCN1.C1COCC[NH2+]1.CC(=O)C1=C(C)NC([S-])C(C#N)C1c1cccnc1. The molecule has 3 aliphatic rings. The van der Waals surface area contributed by atoms with Gasteiger partial charge in [-0.05, 0) is 25.5 Å². The second kappa shape index (κ2) is 14.2. The van der Waals surface area contributed by atoms with Crippen molar-refractivity contribution in [3.63, 3.8) is 0 Å². The number of carbonyl (C=O) groups is 1. The molecule has 3 atom stereocenters. The zero-order valence-corrected chi connectivity index (χ0v) is 19.1. The summed E-state index contributed by atoms with van der Waals surface area (Å²) in [5.41, 5.74) is 2.24. The average molecular weight is 448 g/mol. The van der Waals surface area contributed by atoms with Crippen molar-refractivity contribution in [1.29, 1.82) is 5.26 Å². The lowest BCUT2D eigenvalue weighted by Crippen LogP contribution is -2.87. The van der Waals surface area contributed by atoms with Crippen LogP contribution in [0.25, 0.3) is 0 Å². The molecule has 4 rings (SSSR count).